The normalized spacial score (nSPS) is 14.6. The summed E-state index contributed by atoms with van der Waals surface area (Å²) >= 11 is 0. The van der Waals surface area contributed by atoms with Gasteiger partial charge in [-0.15, -0.1) is 10.2 Å². The highest BCUT2D eigenvalue weighted by atomic mass is 15.3. The van der Waals surface area contributed by atoms with Crippen LogP contribution in [0.5, 0.6) is 0 Å². The van der Waals surface area contributed by atoms with Gasteiger partial charge in [0.25, 0.3) is 0 Å². The van der Waals surface area contributed by atoms with Gasteiger partial charge in [0.2, 0.25) is 5.95 Å². The van der Waals surface area contributed by atoms with Crippen LogP contribution in [0, 0.1) is 6.92 Å². The number of aromatic nitrogens is 7. The van der Waals surface area contributed by atoms with E-state index in [1.165, 1.54) is 5.69 Å². The molecule has 0 spiro atoms. The molecule has 0 amide bonds. The monoisotopic (exact) mass is 504 g/mol. The summed E-state index contributed by atoms with van der Waals surface area (Å²) in [5.41, 5.74) is 7.59. The van der Waals surface area contributed by atoms with Gasteiger partial charge in [-0.1, -0.05) is 13.0 Å². The number of nitrogens with one attached hydrogen (secondary N) is 2. The molecule has 2 aromatic carbocycles. The summed E-state index contributed by atoms with van der Waals surface area (Å²) in [6.07, 6.45) is 3.54. The van der Waals surface area contributed by atoms with E-state index in [9.17, 15) is 0 Å². The average Bonchev–Trinajstić information content (AvgIpc) is 3.59. The summed E-state index contributed by atoms with van der Waals surface area (Å²) in [6, 6.07) is 16.7. The van der Waals surface area contributed by atoms with E-state index in [-0.39, 0.29) is 0 Å². The number of likely N-dealkylation sites (N-methyl/N-ethyl adjacent to an activating group) is 1. The van der Waals surface area contributed by atoms with Crippen LogP contribution in [0.1, 0.15) is 12.7 Å². The molecule has 1 fully saturated rings. The second-order valence-corrected chi connectivity index (χ2v) is 9.70. The zero-order chi connectivity index (χ0) is 25.6. The molecule has 1 aliphatic heterocycles. The van der Waals surface area contributed by atoms with E-state index in [0.29, 0.717) is 5.95 Å². The van der Waals surface area contributed by atoms with Gasteiger partial charge >= 0.3 is 0 Å². The number of aryl methyl sites for hydroxylation is 1. The van der Waals surface area contributed by atoms with Gasteiger partial charge in [0.05, 0.1) is 11.0 Å². The number of pyridine rings is 1. The number of imidazole rings is 1. The minimum absolute atomic E-state index is 0.527. The minimum atomic E-state index is 0.527. The SMILES string of the molecule is CCN1CCN(c2ccc(Nc3ncc4cc(-c5ccc6nc(C)[nH]c6c5)c5nncn5c4n3)cc2)CC1. The summed E-state index contributed by atoms with van der Waals surface area (Å²) in [6.45, 7) is 9.63. The molecular formula is C28H28N10. The van der Waals surface area contributed by atoms with Gasteiger partial charge in [0.1, 0.15) is 12.2 Å². The summed E-state index contributed by atoms with van der Waals surface area (Å²) in [5.74, 6) is 1.42. The molecule has 38 heavy (non-hydrogen) atoms. The van der Waals surface area contributed by atoms with E-state index >= 15 is 0 Å². The number of nitrogens with zero attached hydrogens (tertiary/aromatic N) is 8. The first-order chi connectivity index (χ1) is 18.6. The number of H-pyrrole nitrogens is 1. The van der Waals surface area contributed by atoms with Gasteiger partial charge in [-0.05, 0) is 61.5 Å². The number of rotatable bonds is 5. The van der Waals surface area contributed by atoms with Crippen LogP contribution in [0.3, 0.4) is 0 Å². The predicted molar refractivity (Wildman–Crippen MR) is 150 cm³/mol. The van der Waals surface area contributed by atoms with Crippen molar-refractivity contribution in [3.8, 4) is 11.1 Å². The van der Waals surface area contributed by atoms with Gasteiger partial charge < -0.3 is 20.1 Å². The van der Waals surface area contributed by atoms with Crippen molar-refractivity contribution in [2.75, 3.05) is 42.9 Å². The molecule has 0 aliphatic carbocycles. The van der Waals surface area contributed by atoms with E-state index in [2.05, 4.69) is 89.7 Å². The third-order valence-corrected chi connectivity index (χ3v) is 7.33. The number of fused-ring (bicyclic) bond motifs is 4. The van der Waals surface area contributed by atoms with Gasteiger partial charge in [0.15, 0.2) is 11.3 Å². The van der Waals surface area contributed by atoms with Gasteiger partial charge in [-0.2, -0.15) is 4.98 Å². The number of aromatic amines is 1. The molecule has 0 saturated carbocycles. The fourth-order valence-corrected chi connectivity index (χ4v) is 5.25. The maximum atomic E-state index is 4.82. The fourth-order valence-electron chi connectivity index (χ4n) is 5.25. The number of hydrogen-bond acceptors (Lipinski definition) is 8. The standard InChI is InChI=1S/C28H28N10/c1-3-36-10-12-37(13-11-36)22-7-5-21(6-8-22)33-28-29-16-20-14-23(27-35-30-17-38(27)26(20)34-28)19-4-9-24-25(15-19)32-18(2)31-24/h4-9,14-17H,3,10-13H2,1-2H3,(H,31,32)(H,29,33,34). The Hall–Kier alpha value is -4.57. The van der Waals surface area contributed by atoms with Crippen molar-refractivity contribution in [2.45, 2.75) is 13.8 Å². The summed E-state index contributed by atoms with van der Waals surface area (Å²) in [7, 11) is 0. The number of benzene rings is 2. The Morgan fingerprint density at radius 1 is 0.947 bits per heavy atom. The fraction of sp³-hybridized carbons (Fsp3) is 0.250. The molecule has 7 rings (SSSR count). The molecule has 2 N–H and O–H groups in total. The predicted octanol–water partition coefficient (Wildman–Crippen LogP) is 4.41. The van der Waals surface area contributed by atoms with Crippen molar-refractivity contribution in [1.82, 2.24) is 39.4 Å². The van der Waals surface area contributed by atoms with E-state index in [1.54, 1.807) is 6.33 Å². The molecule has 190 valence electrons. The minimum Gasteiger partial charge on any atom is -0.369 e. The Labute approximate surface area is 219 Å². The molecule has 1 aliphatic rings. The van der Waals surface area contributed by atoms with Crippen LogP contribution in [0.15, 0.2) is 61.1 Å². The maximum absolute atomic E-state index is 4.82. The van der Waals surface area contributed by atoms with Gasteiger partial charge in [0, 0.05) is 54.7 Å². The Morgan fingerprint density at radius 3 is 2.61 bits per heavy atom. The number of piperazine rings is 1. The van der Waals surface area contributed by atoms with Crippen molar-refractivity contribution in [3.05, 3.63) is 66.9 Å². The maximum Gasteiger partial charge on any atom is 0.229 e. The lowest BCUT2D eigenvalue weighted by molar-refractivity contribution is 0.271. The second kappa shape index (κ2) is 9.07. The highest BCUT2D eigenvalue weighted by Crippen LogP contribution is 2.30. The molecule has 6 aromatic rings. The van der Waals surface area contributed by atoms with Crippen LogP contribution in [-0.4, -0.2) is 72.2 Å². The lowest BCUT2D eigenvalue weighted by atomic mass is 10.1. The largest absolute Gasteiger partial charge is 0.369 e. The van der Waals surface area contributed by atoms with E-state index in [1.807, 2.05) is 23.6 Å². The van der Waals surface area contributed by atoms with Crippen LogP contribution in [0.25, 0.3) is 38.8 Å². The number of anilines is 3. The highest BCUT2D eigenvalue weighted by molar-refractivity contribution is 5.92. The van der Waals surface area contributed by atoms with Crippen LogP contribution in [-0.2, 0) is 0 Å². The average molecular weight is 505 g/mol. The zero-order valence-electron chi connectivity index (χ0n) is 21.4. The Bertz CT molecular complexity index is 1760. The third-order valence-electron chi connectivity index (χ3n) is 7.33. The summed E-state index contributed by atoms with van der Waals surface area (Å²) < 4.78 is 1.92. The quantitative estimate of drug-likeness (QED) is 0.356. The first kappa shape index (κ1) is 22.6. The Morgan fingerprint density at radius 2 is 1.79 bits per heavy atom. The van der Waals surface area contributed by atoms with E-state index in [0.717, 1.165) is 83.1 Å². The van der Waals surface area contributed by atoms with Crippen LogP contribution in [0.2, 0.25) is 0 Å². The van der Waals surface area contributed by atoms with Crippen molar-refractivity contribution in [1.29, 1.82) is 0 Å². The first-order valence-electron chi connectivity index (χ1n) is 13.0. The van der Waals surface area contributed by atoms with Crippen molar-refractivity contribution < 1.29 is 0 Å². The van der Waals surface area contributed by atoms with Crippen LogP contribution < -0.4 is 10.2 Å². The lowest BCUT2D eigenvalue weighted by Crippen LogP contribution is -2.46. The first-order valence-corrected chi connectivity index (χ1v) is 13.0. The summed E-state index contributed by atoms with van der Waals surface area (Å²) in [4.78, 5) is 22.2. The Balaban J connectivity index is 1.18. The summed E-state index contributed by atoms with van der Waals surface area (Å²) in [5, 5.41) is 12.9. The van der Waals surface area contributed by atoms with Crippen molar-refractivity contribution >= 4 is 45.0 Å². The molecular weight excluding hydrogens is 476 g/mol. The lowest BCUT2D eigenvalue weighted by Gasteiger charge is -2.35. The van der Waals surface area contributed by atoms with E-state index in [4.69, 9.17) is 4.98 Å². The zero-order valence-corrected chi connectivity index (χ0v) is 21.4. The molecule has 0 bridgehead atoms. The van der Waals surface area contributed by atoms with Crippen molar-refractivity contribution in [2.24, 2.45) is 0 Å². The van der Waals surface area contributed by atoms with Crippen LogP contribution >= 0.6 is 0 Å². The van der Waals surface area contributed by atoms with Crippen molar-refractivity contribution in [3.63, 3.8) is 0 Å². The molecule has 4 aromatic heterocycles. The molecule has 10 heteroatoms. The third kappa shape index (κ3) is 3.99. The topological polar surface area (TPSA) is 103 Å². The van der Waals surface area contributed by atoms with Crippen LogP contribution in [0.4, 0.5) is 17.3 Å². The molecule has 10 nitrogen and oxygen atoms in total. The Kier molecular flexibility index (Phi) is 5.40. The highest BCUT2D eigenvalue weighted by Gasteiger charge is 2.16. The molecule has 5 heterocycles. The molecule has 1 saturated heterocycles. The second-order valence-electron chi connectivity index (χ2n) is 9.70. The molecule has 0 unspecified atom stereocenters. The smallest absolute Gasteiger partial charge is 0.229 e. The van der Waals surface area contributed by atoms with E-state index < -0.39 is 0 Å². The van der Waals surface area contributed by atoms with Gasteiger partial charge in [-0.25, -0.2) is 9.97 Å². The number of hydrogen-bond donors (Lipinski definition) is 2. The molecule has 0 atom stereocenters. The molecule has 0 radical (unpaired) electrons. The van der Waals surface area contributed by atoms with Gasteiger partial charge in [-0.3, -0.25) is 4.40 Å².